The summed E-state index contributed by atoms with van der Waals surface area (Å²) in [6.07, 6.45) is -0.820. The van der Waals surface area contributed by atoms with Crippen molar-refractivity contribution in [2.45, 2.75) is 32.5 Å². The van der Waals surface area contributed by atoms with Gasteiger partial charge in [-0.3, -0.25) is 0 Å². The maximum Gasteiger partial charge on any atom is 0.332 e. The van der Waals surface area contributed by atoms with Crippen LogP contribution in [0, 0.1) is 0 Å². The van der Waals surface area contributed by atoms with E-state index in [-0.39, 0.29) is 6.61 Å². The second-order valence-corrected chi connectivity index (χ2v) is 2.38. The third kappa shape index (κ3) is 4.75. The van der Waals surface area contributed by atoms with E-state index in [4.69, 9.17) is 14.9 Å². The second-order valence-electron chi connectivity index (χ2n) is 2.38. The summed E-state index contributed by atoms with van der Waals surface area (Å²) in [7, 11) is 0. The summed E-state index contributed by atoms with van der Waals surface area (Å²) in [5, 5.41) is 17.3. The Morgan fingerprint density at radius 3 is 2.55 bits per heavy atom. The molecule has 0 saturated carbocycles. The van der Waals surface area contributed by atoms with Gasteiger partial charge in [0, 0.05) is 0 Å². The number of hydrogen-bond acceptors (Lipinski definition) is 3. The van der Waals surface area contributed by atoms with Crippen molar-refractivity contribution in [1.82, 2.24) is 0 Å². The van der Waals surface area contributed by atoms with Gasteiger partial charge >= 0.3 is 5.97 Å². The first-order valence-electron chi connectivity index (χ1n) is 3.60. The van der Waals surface area contributed by atoms with E-state index in [0.717, 1.165) is 0 Å². The standard InChI is InChI=1S/C7H14O4/c1-3-6(8)4-11-5(2)7(9)10/h5-6,8H,3-4H2,1-2H3,(H,9,10)/t5-,6?/m0/s1. The number of carboxylic acid groups (broad SMARTS) is 1. The fourth-order valence-corrected chi connectivity index (χ4v) is 0.445. The number of hydrogen-bond donors (Lipinski definition) is 2. The van der Waals surface area contributed by atoms with Crippen molar-refractivity contribution in [2.24, 2.45) is 0 Å². The van der Waals surface area contributed by atoms with Gasteiger partial charge in [-0.25, -0.2) is 4.79 Å². The van der Waals surface area contributed by atoms with Crippen LogP contribution in [0.2, 0.25) is 0 Å². The molecule has 1 unspecified atom stereocenters. The van der Waals surface area contributed by atoms with Crippen LogP contribution in [-0.4, -0.2) is 35.0 Å². The van der Waals surface area contributed by atoms with Crippen LogP contribution in [0.5, 0.6) is 0 Å². The van der Waals surface area contributed by atoms with Gasteiger partial charge in [0.2, 0.25) is 0 Å². The first-order valence-corrected chi connectivity index (χ1v) is 3.60. The van der Waals surface area contributed by atoms with Crippen LogP contribution in [0.4, 0.5) is 0 Å². The van der Waals surface area contributed by atoms with Crippen molar-refractivity contribution in [3.8, 4) is 0 Å². The lowest BCUT2D eigenvalue weighted by molar-refractivity contribution is -0.150. The Morgan fingerprint density at radius 2 is 2.18 bits per heavy atom. The van der Waals surface area contributed by atoms with E-state index in [1.54, 1.807) is 6.92 Å². The van der Waals surface area contributed by atoms with E-state index in [0.29, 0.717) is 6.42 Å². The molecular weight excluding hydrogens is 148 g/mol. The summed E-state index contributed by atoms with van der Waals surface area (Å²) in [4.78, 5) is 10.2. The lowest BCUT2D eigenvalue weighted by Crippen LogP contribution is -2.25. The first-order chi connectivity index (χ1) is 5.07. The summed E-state index contributed by atoms with van der Waals surface area (Å²) in [6.45, 7) is 3.33. The van der Waals surface area contributed by atoms with Crippen molar-refractivity contribution in [2.75, 3.05) is 6.61 Å². The molecule has 0 aromatic heterocycles. The molecule has 0 saturated heterocycles. The molecule has 0 spiro atoms. The predicted molar refractivity (Wildman–Crippen MR) is 39.3 cm³/mol. The van der Waals surface area contributed by atoms with Crippen LogP contribution in [0.15, 0.2) is 0 Å². The predicted octanol–water partition coefficient (Wildman–Crippen LogP) is 0.247. The average Bonchev–Trinajstić information content (AvgIpc) is 1.99. The largest absolute Gasteiger partial charge is 0.479 e. The molecule has 11 heavy (non-hydrogen) atoms. The number of aliphatic hydroxyl groups excluding tert-OH is 1. The molecule has 0 amide bonds. The minimum absolute atomic E-state index is 0.0873. The number of aliphatic carboxylic acids is 1. The number of carboxylic acids is 1. The molecule has 2 atom stereocenters. The topological polar surface area (TPSA) is 66.8 Å². The Morgan fingerprint density at radius 1 is 1.64 bits per heavy atom. The van der Waals surface area contributed by atoms with Crippen LogP contribution in [0.1, 0.15) is 20.3 Å². The fraction of sp³-hybridized carbons (Fsp3) is 0.857. The second kappa shape index (κ2) is 5.09. The Balaban J connectivity index is 3.45. The smallest absolute Gasteiger partial charge is 0.332 e. The average molecular weight is 162 g/mol. The molecule has 0 aliphatic rings. The van der Waals surface area contributed by atoms with Crippen LogP contribution in [0.3, 0.4) is 0 Å². The van der Waals surface area contributed by atoms with E-state index in [1.807, 2.05) is 0 Å². The Bertz CT molecular complexity index is 124. The van der Waals surface area contributed by atoms with E-state index < -0.39 is 18.2 Å². The van der Waals surface area contributed by atoms with Crippen molar-refractivity contribution >= 4 is 5.97 Å². The molecule has 0 aliphatic heterocycles. The number of rotatable bonds is 5. The molecular formula is C7H14O4. The van der Waals surface area contributed by atoms with Crippen molar-refractivity contribution in [3.63, 3.8) is 0 Å². The molecule has 0 rings (SSSR count). The van der Waals surface area contributed by atoms with Crippen molar-refractivity contribution in [3.05, 3.63) is 0 Å². The zero-order chi connectivity index (χ0) is 8.85. The highest BCUT2D eigenvalue weighted by Gasteiger charge is 2.12. The SMILES string of the molecule is CCC(O)CO[C@@H](C)C(=O)O. The molecule has 0 radical (unpaired) electrons. The van der Waals surface area contributed by atoms with Crippen LogP contribution >= 0.6 is 0 Å². The first kappa shape index (κ1) is 10.4. The minimum Gasteiger partial charge on any atom is -0.479 e. The summed E-state index contributed by atoms with van der Waals surface area (Å²) in [6, 6.07) is 0. The molecule has 0 aliphatic carbocycles. The summed E-state index contributed by atoms with van der Waals surface area (Å²) >= 11 is 0. The van der Waals surface area contributed by atoms with E-state index >= 15 is 0 Å². The van der Waals surface area contributed by atoms with Crippen molar-refractivity contribution in [1.29, 1.82) is 0 Å². The normalized spacial score (nSPS) is 15.9. The minimum atomic E-state index is -1.01. The highest BCUT2D eigenvalue weighted by atomic mass is 16.5. The Labute approximate surface area is 65.8 Å². The van der Waals surface area contributed by atoms with Gasteiger partial charge in [-0.05, 0) is 13.3 Å². The third-order valence-corrected chi connectivity index (χ3v) is 1.36. The zero-order valence-corrected chi connectivity index (χ0v) is 6.78. The fourth-order valence-electron chi connectivity index (χ4n) is 0.445. The lowest BCUT2D eigenvalue weighted by Gasteiger charge is -2.11. The molecule has 0 aromatic carbocycles. The maximum absolute atomic E-state index is 10.2. The van der Waals surface area contributed by atoms with Gasteiger partial charge < -0.3 is 14.9 Å². The maximum atomic E-state index is 10.2. The molecule has 66 valence electrons. The molecule has 2 N–H and O–H groups in total. The van der Waals surface area contributed by atoms with Gasteiger partial charge in [-0.15, -0.1) is 0 Å². The van der Waals surface area contributed by atoms with Crippen LogP contribution in [0.25, 0.3) is 0 Å². The Hall–Kier alpha value is -0.610. The molecule has 4 nitrogen and oxygen atoms in total. The third-order valence-electron chi connectivity index (χ3n) is 1.36. The van der Waals surface area contributed by atoms with Gasteiger partial charge in [-0.1, -0.05) is 6.92 Å². The van der Waals surface area contributed by atoms with Crippen LogP contribution < -0.4 is 0 Å². The molecule has 0 bridgehead atoms. The quantitative estimate of drug-likeness (QED) is 0.608. The molecule has 4 heteroatoms. The number of aliphatic hydroxyl groups is 1. The van der Waals surface area contributed by atoms with E-state index in [9.17, 15) is 4.79 Å². The highest BCUT2D eigenvalue weighted by Crippen LogP contribution is 1.95. The Kier molecular flexibility index (Phi) is 4.81. The highest BCUT2D eigenvalue weighted by molar-refractivity contribution is 5.71. The number of carbonyl (C=O) groups is 1. The van der Waals surface area contributed by atoms with E-state index in [1.165, 1.54) is 6.92 Å². The molecule has 0 aromatic rings. The number of ether oxygens (including phenoxy) is 1. The van der Waals surface area contributed by atoms with E-state index in [2.05, 4.69) is 0 Å². The summed E-state index contributed by atoms with van der Waals surface area (Å²) in [5.74, 6) is -1.01. The summed E-state index contributed by atoms with van der Waals surface area (Å²) in [5.41, 5.74) is 0. The van der Waals surface area contributed by atoms with Crippen molar-refractivity contribution < 1.29 is 19.7 Å². The van der Waals surface area contributed by atoms with Gasteiger partial charge in [0.05, 0.1) is 12.7 Å². The zero-order valence-electron chi connectivity index (χ0n) is 6.78. The van der Waals surface area contributed by atoms with Gasteiger partial charge in [0.1, 0.15) is 0 Å². The molecule has 0 heterocycles. The summed E-state index contributed by atoms with van der Waals surface area (Å²) < 4.78 is 4.81. The lowest BCUT2D eigenvalue weighted by atomic mass is 10.3. The van der Waals surface area contributed by atoms with Gasteiger partial charge in [0.15, 0.2) is 6.10 Å². The molecule has 0 fully saturated rings. The van der Waals surface area contributed by atoms with Gasteiger partial charge in [0.25, 0.3) is 0 Å². The van der Waals surface area contributed by atoms with Gasteiger partial charge in [-0.2, -0.15) is 0 Å². The van der Waals surface area contributed by atoms with Crippen LogP contribution in [-0.2, 0) is 9.53 Å². The monoisotopic (exact) mass is 162 g/mol.